The maximum atomic E-state index is 8.49. The highest BCUT2D eigenvalue weighted by atomic mass is 35.7. The minimum absolute atomic E-state index is 0.374. The lowest BCUT2D eigenvalue weighted by Crippen LogP contribution is -2.68. The smallest absolute Gasteiger partial charge is 0.184 e. The molecule has 0 aliphatic rings. The molecule has 0 fully saturated rings. The minimum atomic E-state index is -4.94. The average molecular weight is 586 g/mol. The Morgan fingerprint density at radius 3 is 1.11 bits per heavy atom. The van der Waals surface area contributed by atoms with E-state index in [1.54, 1.807) is 0 Å². The molecular weight excluding hydrogens is 566 g/mol. The summed E-state index contributed by atoms with van der Waals surface area (Å²) < 4.78 is 34.0. The van der Waals surface area contributed by atoms with Crippen molar-refractivity contribution in [3.8, 4) is 11.4 Å². The largest absolute Gasteiger partial charge is 0.222 e. The maximum absolute atomic E-state index is 8.49. The fourth-order valence-electron chi connectivity index (χ4n) is 4.18. The van der Waals surface area contributed by atoms with Gasteiger partial charge in [-0.25, -0.2) is 28.6 Å². The van der Waals surface area contributed by atoms with Gasteiger partial charge in [0.2, 0.25) is 0 Å². The third kappa shape index (κ3) is 6.38. The van der Waals surface area contributed by atoms with Gasteiger partial charge in [-0.2, -0.15) is 0 Å². The molecule has 0 atom stereocenters. The molecule has 192 valence electrons. The quantitative estimate of drug-likeness (QED) is 0.227. The van der Waals surface area contributed by atoms with Crippen LogP contribution >= 0.6 is 30.5 Å². The van der Waals surface area contributed by atoms with Gasteiger partial charge in [0.1, 0.15) is 15.9 Å². The molecule has 5 rings (SSSR count). The number of benzene rings is 4. The van der Waals surface area contributed by atoms with Gasteiger partial charge in [0.15, 0.2) is 28.7 Å². The van der Waals surface area contributed by atoms with Gasteiger partial charge in [-0.05, 0) is 36.4 Å². The summed E-state index contributed by atoms with van der Waals surface area (Å²) in [6, 6.07) is 41.0. The molecule has 1 aromatic heterocycles. The zero-order chi connectivity index (χ0) is 27.2. The molecule has 1 heterocycles. The van der Waals surface area contributed by atoms with Crippen LogP contribution in [-0.2, 0) is 0 Å². The number of halogens is 3. The van der Waals surface area contributed by atoms with Crippen LogP contribution in [0, 0.1) is 10.2 Å². The normalized spacial score (nSPS) is 11.4. The van der Waals surface area contributed by atoms with Crippen molar-refractivity contribution in [2.24, 2.45) is 0 Å². The van der Waals surface area contributed by atoms with Gasteiger partial charge in [-0.15, -0.1) is 10.2 Å². The van der Waals surface area contributed by atoms with E-state index < -0.39 is 17.5 Å². The van der Waals surface area contributed by atoms with Crippen LogP contribution < -0.4 is 39.9 Å². The first-order valence-corrected chi connectivity index (χ1v) is 15.0. The second-order valence-electron chi connectivity index (χ2n) is 7.90. The lowest BCUT2D eigenvalue weighted by Gasteiger charge is -2.28. The van der Waals surface area contributed by atoms with Crippen LogP contribution in [0.2, 0.25) is 10.3 Å². The second-order valence-corrected chi connectivity index (χ2v) is 12.7. The number of hydrogen-bond donors (Lipinski definition) is 0. The number of rotatable bonds is 5. The zero-order valence-corrected chi connectivity index (χ0v) is 22.8. The van der Waals surface area contributed by atoms with Crippen LogP contribution in [0.25, 0.3) is 11.4 Å². The van der Waals surface area contributed by atoms with Gasteiger partial charge < -0.3 is 0 Å². The first kappa shape index (κ1) is 28.1. The van der Waals surface area contributed by atoms with E-state index in [2.05, 4.69) is 72.8 Å². The van der Waals surface area contributed by atoms with E-state index in [1.807, 2.05) is 48.5 Å². The monoisotopic (exact) mass is 584 g/mol. The lowest BCUT2D eigenvalue weighted by atomic mass is 10.2. The Morgan fingerprint density at radius 2 is 0.789 bits per heavy atom. The number of aromatic nitrogens is 2. The zero-order valence-electron chi connectivity index (χ0n) is 19.7. The predicted molar refractivity (Wildman–Crippen MR) is 142 cm³/mol. The Bertz CT molecular complexity index is 1350. The van der Waals surface area contributed by atoms with Crippen molar-refractivity contribution in [3.05, 3.63) is 132 Å². The molecule has 0 amide bonds. The lowest BCUT2D eigenvalue weighted by molar-refractivity contribution is -2.00. The fourth-order valence-corrected chi connectivity index (χ4v) is 9.51. The van der Waals surface area contributed by atoms with Crippen molar-refractivity contribution in [1.82, 2.24) is 9.97 Å². The Labute approximate surface area is 232 Å². The molecule has 38 heavy (non-hydrogen) atoms. The molecule has 0 radical (unpaired) electrons. The van der Waals surface area contributed by atoms with Gasteiger partial charge in [0.25, 0.3) is 0 Å². The molecule has 5 aromatic rings. The van der Waals surface area contributed by atoms with Crippen LogP contribution in [0.4, 0.5) is 0 Å². The van der Waals surface area contributed by atoms with E-state index in [0.29, 0.717) is 16.1 Å². The fraction of sp³-hybridized carbons (Fsp3) is 0. The van der Waals surface area contributed by atoms with Crippen molar-refractivity contribution in [1.29, 1.82) is 0 Å². The Balaban J connectivity index is 0.000000617. The topological polar surface area (TPSA) is 118 Å². The first-order chi connectivity index (χ1) is 18.2. The summed E-state index contributed by atoms with van der Waals surface area (Å²) >= 11 is 14.0. The summed E-state index contributed by atoms with van der Waals surface area (Å²) in [6.45, 7) is 0. The minimum Gasteiger partial charge on any atom is -0.222 e. The Hall–Kier alpha value is -2.90. The van der Waals surface area contributed by atoms with Crippen LogP contribution in [0.1, 0.15) is 0 Å². The van der Waals surface area contributed by atoms with Crippen molar-refractivity contribution in [2.75, 3.05) is 0 Å². The number of nitrogens with zero attached hydrogens (tertiary/aromatic N) is 2. The molecule has 4 aromatic carbocycles. The molecule has 0 saturated heterocycles. The highest BCUT2D eigenvalue weighted by Gasteiger charge is 2.52. The summed E-state index contributed by atoms with van der Waals surface area (Å²) in [6.07, 6.45) is 0. The summed E-state index contributed by atoms with van der Waals surface area (Å²) in [5, 5.41) is 4.94. The molecule has 0 unspecified atom stereocenters. The van der Waals surface area contributed by atoms with E-state index in [9.17, 15) is 0 Å². The third-order valence-electron chi connectivity index (χ3n) is 5.60. The average Bonchev–Trinajstić information content (AvgIpc) is 2.92. The van der Waals surface area contributed by atoms with Crippen molar-refractivity contribution < 1.29 is 28.9 Å². The van der Waals surface area contributed by atoms with Gasteiger partial charge in [0.05, 0.1) is 0 Å². The molecule has 0 aliphatic heterocycles. The van der Waals surface area contributed by atoms with E-state index in [4.69, 9.17) is 51.8 Å². The van der Waals surface area contributed by atoms with Crippen LogP contribution in [0.3, 0.4) is 0 Å². The number of hydrogen-bond acceptors (Lipinski definition) is 6. The van der Waals surface area contributed by atoms with Crippen LogP contribution in [0.5, 0.6) is 0 Å². The molecule has 0 saturated carbocycles. The highest BCUT2D eigenvalue weighted by molar-refractivity contribution is 8.01. The van der Waals surface area contributed by atoms with Crippen molar-refractivity contribution in [2.45, 2.75) is 0 Å². The molecule has 0 spiro atoms. The maximum Gasteiger partial charge on any atom is 0.184 e. The summed E-state index contributed by atoms with van der Waals surface area (Å²) in [5.41, 5.74) is 0.871. The molecular formula is C28H20Cl3N2O4P. The molecule has 0 aliphatic carbocycles. The van der Waals surface area contributed by atoms with E-state index in [1.165, 1.54) is 0 Å². The summed E-state index contributed by atoms with van der Waals surface area (Å²) in [5.74, 6) is 0.515. The third-order valence-corrected chi connectivity index (χ3v) is 10.7. The van der Waals surface area contributed by atoms with Crippen LogP contribution in [0.15, 0.2) is 121 Å². The van der Waals surface area contributed by atoms with Gasteiger partial charge in [-0.3, -0.25) is 0 Å². The van der Waals surface area contributed by atoms with Gasteiger partial charge in [0, 0.05) is 5.56 Å². The first-order valence-electron chi connectivity index (χ1n) is 11.2. The van der Waals surface area contributed by atoms with Crippen LogP contribution in [-0.4, -0.2) is 9.97 Å². The van der Waals surface area contributed by atoms with Gasteiger partial charge in [-0.1, -0.05) is 108 Å². The predicted octanol–water partition coefficient (Wildman–Crippen LogP) is 1.31. The second kappa shape index (κ2) is 12.3. The SMILES string of the molecule is Clc1nc(-c2ccccc2)nc(Cl)c1[P+](c1ccccc1)(c1ccccc1)c1ccccc1.[O-][Cl+3]([O-])([O-])[O-]. The summed E-state index contributed by atoms with van der Waals surface area (Å²) in [4.78, 5) is 9.49. The van der Waals surface area contributed by atoms with Gasteiger partial charge >= 0.3 is 0 Å². The standard InChI is InChI=1S/C28H20Cl2N2P.ClHO4/c29-26-25(27(30)32-28(31-26)21-13-5-1-6-14-21)33(22-15-7-2-8-16-22,23-17-9-3-10-18-23)24-19-11-4-12-20-24;2-1(3,4)5/h1-20H;(H,2,3,4,5)/q+1;/p-1. The molecule has 0 N–H and O–H groups in total. The Morgan fingerprint density at radius 1 is 0.500 bits per heavy atom. The van der Waals surface area contributed by atoms with E-state index in [0.717, 1.165) is 26.8 Å². The molecule has 0 bridgehead atoms. The molecule has 6 nitrogen and oxygen atoms in total. The highest BCUT2D eigenvalue weighted by Crippen LogP contribution is 2.56. The van der Waals surface area contributed by atoms with E-state index in [-0.39, 0.29) is 0 Å². The summed E-state index contributed by atoms with van der Waals surface area (Å²) in [7, 11) is -7.43. The Kier molecular flexibility index (Phi) is 9.11. The van der Waals surface area contributed by atoms with Crippen molar-refractivity contribution in [3.63, 3.8) is 0 Å². The molecule has 10 heteroatoms. The van der Waals surface area contributed by atoms with E-state index >= 15 is 0 Å². The van der Waals surface area contributed by atoms with Crippen molar-refractivity contribution >= 4 is 51.7 Å².